The van der Waals surface area contributed by atoms with Crippen molar-refractivity contribution in [1.29, 1.82) is 0 Å². The molecule has 2 rings (SSSR count). The summed E-state index contributed by atoms with van der Waals surface area (Å²) in [6, 6.07) is 3.56. The first-order valence-electron chi connectivity index (χ1n) is 5.32. The van der Waals surface area contributed by atoms with Crippen molar-refractivity contribution in [2.45, 2.75) is 6.42 Å². The number of hydroxylamine groups is 1. The van der Waals surface area contributed by atoms with E-state index in [0.717, 1.165) is 0 Å². The Balaban J connectivity index is 1.86. The molecule has 0 aliphatic carbocycles. The van der Waals surface area contributed by atoms with Gasteiger partial charge in [-0.05, 0) is 12.1 Å². The maximum absolute atomic E-state index is 11.4. The molecule has 0 fully saturated rings. The average Bonchev–Trinajstić information content (AvgIpc) is 2.97. The van der Waals surface area contributed by atoms with E-state index in [1.807, 2.05) is 0 Å². The Morgan fingerprint density at radius 3 is 3.05 bits per heavy atom. The highest BCUT2D eigenvalue weighted by Crippen LogP contribution is 2.23. The zero-order chi connectivity index (χ0) is 13.7. The molecule has 0 bridgehead atoms. The van der Waals surface area contributed by atoms with Gasteiger partial charge in [0.2, 0.25) is 11.8 Å². The maximum atomic E-state index is 11.4. The molecule has 100 valence electrons. The van der Waals surface area contributed by atoms with Crippen LogP contribution in [-0.4, -0.2) is 23.4 Å². The van der Waals surface area contributed by atoms with Crippen molar-refractivity contribution in [2.24, 2.45) is 5.73 Å². The quantitative estimate of drug-likeness (QED) is 0.749. The van der Waals surface area contributed by atoms with Crippen LogP contribution in [0.2, 0.25) is 0 Å². The van der Waals surface area contributed by atoms with E-state index in [0.29, 0.717) is 16.5 Å². The number of nitrogens with two attached hydrogens (primary N) is 1. The second-order valence-electron chi connectivity index (χ2n) is 3.58. The summed E-state index contributed by atoms with van der Waals surface area (Å²) in [5, 5.41) is 2.46. The van der Waals surface area contributed by atoms with E-state index >= 15 is 0 Å². The molecule has 0 aromatic carbocycles. The Morgan fingerprint density at radius 2 is 2.37 bits per heavy atom. The van der Waals surface area contributed by atoms with Crippen LogP contribution in [0.15, 0.2) is 28.2 Å². The predicted molar refractivity (Wildman–Crippen MR) is 66.8 cm³/mol. The smallest absolute Gasteiger partial charge is 0.249 e. The number of rotatable bonds is 6. The molecule has 2 amide bonds. The number of nitrogens with one attached hydrogen (secondary N) is 1. The molecule has 0 aliphatic heterocycles. The summed E-state index contributed by atoms with van der Waals surface area (Å²) in [4.78, 5) is 30.7. The minimum Gasteiger partial charge on any atom is -0.462 e. The molecule has 19 heavy (non-hydrogen) atoms. The fraction of sp³-hybridized carbons (Fsp3) is 0.182. The molecule has 8 heteroatoms. The Hall–Kier alpha value is -2.19. The van der Waals surface area contributed by atoms with Gasteiger partial charge in [-0.25, -0.2) is 10.5 Å². The first-order chi connectivity index (χ1) is 9.15. The molecular weight excluding hydrogens is 270 g/mol. The van der Waals surface area contributed by atoms with Crippen LogP contribution in [0.25, 0.3) is 10.8 Å². The topological polar surface area (TPSA) is 107 Å². The van der Waals surface area contributed by atoms with E-state index in [-0.39, 0.29) is 13.0 Å². The van der Waals surface area contributed by atoms with Crippen LogP contribution >= 0.6 is 11.3 Å². The first-order valence-corrected chi connectivity index (χ1v) is 6.20. The summed E-state index contributed by atoms with van der Waals surface area (Å²) in [6.07, 6.45) is 1.61. The fourth-order valence-electron chi connectivity index (χ4n) is 1.29. The molecule has 0 spiro atoms. The van der Waals surface area contributed by atoms with Crippen molar-refractivity contribution < 1.29 is 18.8 Å². The highest BCUT2D eigenvalue weighted by atomic mass is 32.1. The first kappa shape index (κ1) is 13.2. The van der Waals surface area contributed by atoms with Gasteiger partial charge in [-0.15, -0.1) is 11.3 Å². The summed E-state index contributed by atoms with van der Waals surface area (Å²) < 4.78 is 5.20. The molecule has 7 nitrogen and oxygen atoms in total. The highest BCUT2D eigenvalue weighted by molar-refractivity contribution is 7.13. The van der Waals surface area contributed by atoms with Gasteiger partial charge < -0.3 is 10.2 Å². The van der Waals surface area contributed by atoms with Crippen LogP contribution < -0.4 is 11.2 Å². The second-order valence-corrected chi connectivity index (χ2v) is 4.44. The summed E-state index contributed by atoms with van der Waals surface area (Å²) >= 11 is 1.38. The number of carbonyl (C=O) groups excluding carboxylic acids is 2. The van der Waals surface area contributed by atoms with E-state index < -0.39 is 11.8 Å². The number of nitrogens with zero attached hydrogens (tertiary/aromatic N) is 1. The molecule has 2 aromatic rings. The van der Waals surface area contributed by atoms with Crippen molar-refractivity contribution in [3.8, 4) is 10.8 Å². The van der Waals surface area contributed by atoms with Gasteiger partial charge in [0.1, 0.15) is 0 Å². The molecule has 0 aliphatic rings. The van der Waals surface area contributed by atoms with Crippen LogP contribution in [0.5, 0.6) is 0 Å². The number of furan rings is 1. The standard InChI is InChI=1S/C11H11N3O4S/c12-9(15)5-18-14-10(16)4-7-6-19-11(13-7)8-2-1-3-17-8/h1-3,6H,4-5H2,(H2,12,15)(H,14,16). The fourth-order valence-corrected chi connectivity index (χ4v) is 2.08. The lowest BCUT2D eigenvalue weighted by atomic mass is 10.3. The van der Waals surface area contributed by atoms with Gasteiger partial charge in [0.05, 0.1) is 18.4 Å². The van der Waals surface area contributed by atoms with E-state index in [9.17, 15) is 9.59 Å². The Labute approximate surface area is 112 Å². The molecular formula is C11H11N3O4S. The number of hydrogen-bond acceptors (Lipinski definition) is 6. The maximum Gasteiger partial charge on any atom is 0.249 e. The van der Waals surface area contributed by atoms with Crippen LogP contribution in [0, 0.1) is 0 Å². The zero-order valence-electron chi connectivity index (χ0n) is 9.79. The lowest BCUT2D eigenvalue weighted by Crippen LogP contribution is -2.30. The van der Waals surface area contributed by atoms with Gasteiger partial charge in [-0.3, -0.25) is 14.4 Å². The molecule has 2 aromatic heterocycles. The molecule has 3 N–H and O–H groups in total. The second kappa shape index (κ2) is 6.12. The van der Waals surface area contributed by atoms with E-state index in [2.05, 4.69) is 15.3 Å². The monoisotopic (exact) mass is 281 g/mol. The van der Waals surface area contributed by atoms with Crippen LogP contribution in [-0.2, 0) is 20.8 Å². The van der Waals surface area contributed by atoms with E-state index in [1.54, 1.807) is 23.8 Å². The molecule has 2 heterocycles. The van der Waals surface area contributed by atoms with Gasteiger partial charge in [0.15, 0.2) is 17.4 Å². The molecule has 0 saturated heterocycles. The van der Waals surface area contributed by atoms with Crippen LogP contribution in [0.3, 0.4) is 0 Å². The van der Waals surface area contributed by atoms with Crippen molar-refractivity contribution in [2.75, 3.05) is 6.61 Å². The zero-order valence-corrected chi connectivity index (χ0v) is 10.6. The average molecular weight is 281 g/mol. The Bertz CT molecular complexity index is 564. The van der Waals surface area contributed by atoms with Gasteiger partial charge >= 0.3 is 0 Å². The summed E-state index contributed by atoms with van der Waals surface area (Å²) in [7, 11) is 0. The molecule has 0 atom stereocenters. The van der Waals surface area contributed by atoms with E-state index in [1.165, 1.54) is 11.3 Å². The normalized spacial score (nSPS) is 10.3. The third-order valence-corrected chi connectivity index (χ3v) is 2.93. The third-order valence-electron chi connectivity index (χ3n) is 2.03. The van der Waals surface area contributed by atoms with Crippen molar-refractivity contribution >= 4 is 23.2 Å². The minimum absolute atomic E-state index is 0.0516. The van der Waals surface area contributed by atoms with Crippen LogP contribution in [0.4, 0.5) is 0 Å². The number of hydrogen-bond donors (Lipinski definition) is 2. The molecule has 0 unspecified atom stereocenters. The Morgan fingerprint density at radius 1 is 1.53 bits per heavy atom. The Kier molecular flexibility index (Phi) is 4.26. The minimum atomic E-state index is -0.658. The summed E-state index contributed by atoms with van der Waals surface area (Å²) in [5.74, 6) is -0.409. The number of primary amides is 1. The lowest BCUT2D eigenvalue weighted by molar-refractivity contribution is -0.137. The van der Waals surface area contributed by atoms with Gasteiger partial charge in [0.25, 0.3) is 0 Å². The van der Waals surface area contributed by atoms with Crippen molar-refractivity contribution in [3.05, 3.63) is 29.5 Å². The number of carbonyl (C=O) groups is 2. The number of aromatic nitrogens is 1. The largest absolute Gasteiger partial charge is 0.462 e. The molecule has 0 radical (unpaired) electrons. The van der Waals surface area contributed by atoms with E-state index in [4.69, 9.17) is 10.2 Å². The number of thiazole rings is 1. The lowest BCUT2D eigenvalue weighted by Gasteiger charge is -2.01. The van der Waals surface area contributed by atoms with Gasteiger partial charge in [-0.1, -0.05) is 0 Å². The van der Waals surface area contributed by atoms with Gasteiger partial charge in [-0.2, -0.15) is 0 Å². The summed E-state index contributed by atoms with van der Waals surface area (Å²) in [5.41, 5.74) is 7.55. The highest BCUT2D eigenvalue weighted by Gasteiger charge is 2.10. The predicted octanol–water partition coefficient (Wildman–Crippen LogP) is 0.479. The number of amides is 2. The van der Waals surface area contributed by atoms with Gasteiger partial charge in [0, 0.05) is 5.38 Å². The van der Waals surface area contributed by atoms with Crippen molar-refractivity contribution in [3.63, 3.8) is 0 Å². The van der Waals surface area contributed by atoms with Crippen LogP contribution in [0.1, 0.15) is 5.69 Å². The summed E-state index contributed by atoms with van der Waals surface area (Å²) in [6.45, 7) is -0.361. The molecule has 0 saturated carbocycles. The SMILES string of the molecule is NC(=O)CONC(=O)Cc1csc(-c2ccco2)n1. The van der Waals surface area contributed by atoms with Crippen molar-refractivity contribution in [1.82, 2.24) is 10.5 Å². The third kappa shape index (κ3) is 3.90.